The summed E-state index contributed by atoms with van der Waals surface area (Å²) in [4.78, 5) is 0. The fourth-order valence-corrected chi connectivity index (χ4v) is 0.207. The fourth-order valence-electron chi connectivity index (χ4n) is 0.207. The first-order valence-electron chi connectivity index (χ1n) is 2.05. The van der Waals surface area contributed by atoms with E-state index in [4.69, 9.17) is 16.9 Å². The van der Waals surface area contributed by atoms with E-state index in [0.717, 1.165) is 0 Å². The van der Waals surface area contributed by atoms with Gasteiger partial charge in [-0.15, -0.1) is 24.8 Å². The Labute approximate surface area is 66.7 Å². The minimum absolute atomic E-state index is 0. The van der Waals surface area contributed by atoms with Crippen LogP contribution < -0.4 is 16.8 Å². The standard InChI is InChI=1S/C3H10N4.2ClH/c4-1-2-7-3(5)6;;/h1-2,4H2,(H4,5,6,7);2*1H. The molecule has 4 nitrogen and oxygen atoms in total. The number of rotatable bonds is 2. The topological polar surface area (TPSA) is 87.9 Å². The lowest BCUT2D eigenvalue weighted by Gasteiger charge is -1.96. The second-order valence-corrected chi connectivity index (χ2v) is 1.13. The summed E-state index contributed by atoms with van der Waals surface area (Å²) in [6.07, 6.45) is 0. The third-order valence-corrected chi connectivity index (χ3v) is 0.460. The van der Waals surface area contributed by atoms with E-state index >= 15 is 0 Å². The maximum absolute atomic E-state index is 6.61. The molecule has 0 saturated heterocycles. The van der Waals surface area contributed by atoms with Crippen LogP contribution in [-0.2, 0) is 0 Å². The van der Waals surface area contributed by atoms with Crippen LogP contribution in [0, 0.1) is 5.41 Å². The third kappa shape index (κ3) is 18.2. The van der Waals surface area contributed by atoms with Gasteiger partial charge < -0.3 is 16.8 Å². The van der Waals surface area contributed by atoms with Crippen molar-refractivity contribution in [1.29, 1.82) is 5.41 Å². The third-order valence-electron chi connectivity index (χ3n) is 0.460. The molecule has 0 aromatic carbocycles. The maximum atomic E-state index is 6.61. The van der Waals surface area contributed by atoms with E-state index in [2.05, 4.69) is 5.32 Å². The zero-order valence-corrected chi connectivity index (χ0v) is 6.52. The molecule has 0 saturated carbocycles. The van der Waals surface area contributed by atoms with Crippen molar-refractivity contribution < 1.29 is 0 Å². The lowest BCUT2D eigenvalue weighted by Crippen LogP contribution is -2.34. The van der Waals surface area contributed by atoms with E-state index in [1.165, 1.54) is 0 Å². The molecule has 6 N–H and O–H groups in total. The predicted molar refractivity (Wildman–Crippen MR) is 43.5 cm³/mol. The lowest BCUT2D eigenvalue weighted by atomic mass is 10.6. The van der Waals surface area contributed by atoms with E-state index < -0.39 is 0 Å². The summed E-state index contributed by atoms with van der Waals surface area (Å²) in [7, 11) is 0. The molecule has 0 amide bonds. The molecule has 0 spiro atoms. The highest BCUT2D eigenvalue weighted by molar-refractivity contribution is 5.85. The van der Waals surface area contributed by atoms with Crippen LogP contribution in [0.5, 0.6) is 0 Å². The van der Waals surface area contributed by atoms with Gasteiger partial charge >= 0.3 is 0 Å². The number of hydrogen-bond donors (Lipinski definition) is 4. The van der Waals surface area contributed by atoms with E-state index in [1.54, 1.807) is 0 Å². The maximum Gasteiger partial charge on any atom is 0.185 e. The van der Waals surface area contributed by atoms with Crippen LogP contribution in [0.1, 0.15) is 0 Å². The molecular weight excluding hydrogens is 163 g/mol. The van der Waals surface area contributed by atoms with Crippen LogP contribution in [0.2, 0.25) is 0 Å². The second kappa shape index (κ2) is 10.7. The first-order chi connectivity index (χ1) is 3.27. The van der Waals surface area contributed by atoms with Gasteiger partial charge in [0.05, 0.1) is 0 Å². The molecule has 0 aliphatic rings. The van der Waals surface area contributed by atoms with Crippen LogP contribution in [0.4, 0.5) is 0 Å². The number of halogens is 2. The van der Waals surface area contributed by atoms with E-state index in [-0.39, 0.29) is 30.8 Å². The summed E-state index contributed by atoms with van der Waals surface area (Å²) in [6.45, 7) is 1.09. The van der Waals surface area contributed by atoms with E-state index in [9.17, 15) is 0 Å². The van der Waals surface area contributed by atoms with Gasteiger partial charge in [-0.1, -0.05) is 0 Å². The summed E-state index contributed by atoms with van der Waals surface area (Å²) in [5.74, 6) is -0.0227. The lowest BCUT2D eigenvalue weighted by molar-refractivity contribution is 0.864. The zero-order chi connectivity index (χ0) is 5.70. The fraction of sp³-hybridized carbons (Fsp3) is 0.667. The summed E-state index contributed by atoms with van der Waals surface area (Å²) in [5.41, 5.74) is 9.96. The van der Waals surface area contributed by atoms with Gasteiger partial charge in [-0.05, 0) is 0 Å². The van der Waals surface area contributed by atoms with Gasteiger partial charge in [-0.3, -0.25) is 5.41 Å². The average Bonchev–Trinajstić information content (AvgIpc) is 1.61. The molecule has 0 atom stereocenters. The number of hydrogen-bond acceptors (Lipinski definition) is 2. The zero-order valence-electron chi connectivity index (χ0n) is 4.89. The van der Waals surface area contributed by atoms with E-state index in [0.29, 0.717) is 13.1 Å². The van der Waals surface area contributed by atoms with Gasteiger partial charge in [0.15, 0.2) is 5.96 Å². The molecule has 0 aromatic rings. The quantitative estimate of drug-likeness (QED) is 0.329. The highest BCUT2D eigenvalue weighted by atomic mass is 35.5. The van der Waals surface area contributed by atoms with Gasteiger partial charge in [0, 0.05) is 13.1 Å². The normalized spacial score (nSPS) is 6.33. The minimum Gasteiger partial charge on any atom is -0.370 e. The summed E-state index contributed by atoms with van der Waals surface area (Å²) < 4.78 is 0. The molecule has 6 heteroatoms. The SMILES string of the molecule is Cl.Cl.N=C(N)NCCN. The average molecular weight is 175 g/mol. The largest absolute Gasteiger partial charge is 0.370 e. The molecule has 0 aromatic heterocycles. The van der Waals surface area contributed by atoms with Crippen molar-refractivity contribution in [3.8, 4) is 0 Å². The second-order valence-electron chi connectivity index (χ2n) is 1.13. The Bertz CT molecular complexity index is 66.8. The van der Waals surface area contributed by atoms with Gasteiger partial charge in [0.25, 0.3) is 0 Å². The van der Waals surface area contributed by atoms with Crippen molar-refractivity contribution >= 4 is 30.8 Å². The molecule has 0 rings (SSSR count). The summed E-state index contributed by atoms with van der Waals surface area (Å²) in [5, 5.41) is 9.14. The van der Waals surface area contributed by atoms with E-state index in [1.807, 2.05) is 0 Å². The Morgan fingerprint density at radius 2 is 1.89 bits per heavy atom. The van der Waals surface area contributed by atoms with Crippen molar-refractivity contribution in [3.63, 3.8) is 0 Å². The number of nitrogens with one attached hydrogen (secondary N) is 2. The molecule has 0 unspecified atom stereocenters. The molecule has 9 heavy (non-hydrogen) atoms. The van der Waals surface area contributed by atoms with Crippen LogP contribution in [0.25, 0.3) is 0 Å². The Morgan fingerprint density at radius 1 is 1.44 bits per heavy atom. The molecule has 0 fully saturated rings. The molecule has 58 valence electrons. The van der Waals surface area contributed by atoms with Crippen molar-refractivity contribution in [1.82, 2.24) is 5.32 Å². The smallest absolute Gasteiger partial charge is 0.185 e. The Kier molecular flexibility index (Phi) is 19.0. The van der Waals surface area contributed by atoms with Crippen molar-refractivity contribution in [3.05, 3.63) is 0 Å². The van der Waals surface area contributed by atoms with Gasteiger partial charge in [0.2, 0.25) is 0 Å². The molecule has 0 aliphatic heterocycles. The predicted octanol–water partition coefficient (Wildman–Crippen LogP) is -0.728. The molecule has 0 radical (unpaired) electrons. The molecule has 0 aliphatic carbocycles. The van der Waals surface area contributed by atoms with Gasteiger partial charge in [-0.25, -0.2) is 0 Å². The van der Waals surface area contributed by atoms with Crippen LogP contribution >= 0.6 is 24.8 Å². The highest BCUT2D eigenvalue weighted by Crippen LogP contribution is 1.47. The van der Waals surface area contributed by atoms with Crippen molar-refractivity contribution in [2.75, 3.05) is 13.1 Å². The summed E-state index contributed by atoms with van der Waals surface area (Å²) in [6, 6.07) is 0. The molecular formula is C3H12Cl2N4. The van der Waals surface area contributed by atoms with Crippen LogP contribution in [-0.4, -0.2) is 19.0 Å². The Balaban J connectivity index is -0.000000180. The van der Waals surface area contributed by atoms with Crippen molar-refractivity contribution in [2.24, 2.45) is 11.5 Å². The highest BCUT2D eigenvalue weighted by Gasteiger charge is 1.79. The monoisotopic (exact) mass is 174 g/mol. The van der Waals surface area contributed by atoms with Gasteiger partial charge in [-0.2, -0.15) is 0 Å². The first-order valence-corrected chi connectivity index (χ1v) is 2.05. The molecule has 0 bridgehead atoms. The number of guanidine groups is 1. The van der Waals surface area contributed by atoms with Crippen LogP contribution in [0.15, 0.2) is 0 Å². The Hall–Kier alpha value is -0.190. The van der Waals surface area contributed by atoms with Gasteiger partial charge in [0.1, 0.15) is 0 Å². The minimum atomic E-state index is -0.0227. The van der Waals surface area contributed by atoms with Crippen LogP contribution in [0.3, 0.4) is 0 Å². The molecule has 0 heterocycles. The summed E-state index contributed by atoms with van der Waals surface area (Å²) >= 11 is 0. The van der Waals surface area contributed by atoms with Crippen molar-refractivity contribution in [2.45, 2.75) is 0 Å². The number of nitrogens with two attached hydrogens (primary N) is 2. The Morgan fingerprint density at radius 3 is 2.00 bits per heavy atom. The first kappa shape index (κ1) is 15.9.